The fraction of sp³-hybridized carbons (Fsp3) is 0.200. The Kier molecular flexibility index (Phi) is 5.73. The number of benzene rings is 2. The molecule has 32 heavy (non-hydrogen) atoms. The fourth-order valence-corrected chi connectivity index (χ4v) is 3.85. The summed E-state index contributed by atoms with van der Waals surface area (Å²) in [5, 5.41) is 3.95. The monoisotopic (exact) mass is 428 g/mol. The van der Waals surface area contributed by atoms with Crippen molar-refractivity contribution in [2.45, 2.75) is 19.9 Å². The van der Waals surface area contributed by atoms with Crippen LogP contribution in [0.4, 0.5) is 5.69 Å². The highest BCUT2D eigenvalue weighted by atomic mass is 16.5. The number of para-hydroxylation sites is 1. The Morgan fingerprint density at radius 3 is 2.56 bits per heavy atom. The zero-order valence-corrected chi connectivity index (χ0v) is 18.4. The highest BCUT2D eigenvalue weighted by Gasteiger charge is 2.19. The molecule has 4 rings (SSSR count). The summed E-state index contributed by atoms with van der Waals surface area (Å²) in [6.45, 7) is 3.93. The van der Waals surface area contributed by atoms with Gasteiger partial charge in [0, 0.05) is 36.3 Å². The van der Waals surface area contributed by atoms with Gasteiger partial charge in [-0.2, -0.15) is 0 Å². The molecule has 0 saturated carbocycles. The Bertz CT molecular complexity index is 1360. The molecule has 7 heteroatoms. The summed E-state index contributed by atoms with van der Waals surface area (Å²) in [4.78, 5) is 34.3. The summed E-state index contributed by atoms with van der Waals surface area (Å²) in [6, 6.07) is 14.5. The largest absolute Gasteiger partial charge is 0.465 e. The first-order valence-electron chi connectivity index (χ1n) is 10.3. The van der Waals surface area contributed by atoms with Crippen LogP contribution >= 0.6 is 0 Å². The number of pyridine rings is 1. The number of hydrogen-bond donors (Lipinski definition) is 1. The Labute approximate surface area is 185 Å². The van der Waals surface area contributed by atoms with Crippen molar-refractivity contribution in [3.05, 3.63) is 88.0 Å². The number of carbonyl (C=O) groups excluding carboxylic acids is 1. The zero-order valence-electron chi connectivity index (χ0n) is 18.4. The first kappa shape index (κ1) is 21.2. The number of nitrogens with one attached hydrogen (secondary N) is 1. The van der Waals surface area contributed by atoms with Gasteiger partial charge in [-0.05, 0) is 49.7 Å². The number of hydrogen-bond acceptors (Lipinski definition) is 6. The third-order valence-corrected chi connectivity index (χ3v) is 5.46. The topological polar surface area (TPSA) is 86.1 Å². The number of nitrogens with zero attached hydrogens (tertiary/aromatic N) is 3. The first-order valence-corrected chi connectivity index (χ1v) is 10.3. The summed E-state index contributed by atoms with van der Waals surface area (Å²) >= 11 is 0. The molecule has 0 aliphatic heterocycles. The van der Waals surface area contributed by atoms with E-state index in [4.69, 9.17) is 9.72 Å². The predicted octanol–water partition coefficient (Wildman–Crippen LogP) is 4.26. The molecule has 2 aromatic heterocycles. The molecule has 0 radical (unpaired) electrons. The highest BCUT2D eigenvalue weighted by molar-refractivity contribution is 5.95. The quantitative estimate of drug-likeness (QED) is 0.478. The van der Waals surface area contributed by atoms with Gasteiger partial charge in [-0.1, -0.05) is 18.2 Å². The number of anilines is 1. The zero-order chi connectivity index (χ0) is 22.8. The van der Waals surface area contributed by atoms with E-state index >= 15 is 0 Å². The predicted molar refractivity (Wildman–Crippen MR) is 125 cm³/mol. The van der Waals surface area contributed by atoms with Crippen LogP contribution in [0.5, 0.6) is 0 Å². The number of fused-ring (bicyclic) bond motifs is 1. The third kappa shape index (κ3) is 3.85. The number of aromatic nitrogens is 3. The van der Waals surface area contributed by atoms with E-state index < -0.39 is 5.97 Å². The SMILES string of the molecule is COC(=O)c1ccccc1NC(C)c1cc(C)cc2c(=O)n(C)c(-c3ccncc3)nc12. The average Bonchev–Trinajstić information content (AvgIpc) is 2.81. The number of rotatable bonds is 5. The smallest absolute Gasteiger partial charge is 0.339 e. The Morgan fingerprint density at radius 1 is 1.12 bits per heavy atom. The molecule has 0 bridgehead atoms. The minimum absolute atomic E-state index is 0.117. The van der Waals surface area contributed by atoms with E-state index in [0.29, 0.717) is 28.0 Å². The molecule has 4 aromatic rings. The molecule has 0 spiro atoms. The lowest BCUT2D eigenvalue weighted by Gasteiger charge is -2.20. The summed E-state index contributed by atoms with van der Waals surface area (Å²) in [5.74, 6) is 0.151. The van der Waals surface area contributed by atoms with E-state index in [1.807, 2.05) is 50.2 Å². The lowest BCUT2D eigenvalue weighted by molar-refractivity contribution is 0.0602. The van der Waals surface area contributed by atoms with Crippen molar-refractivity contribution >= 4 is 22.6 Å². The summed E-state index contributed by atoms with van der Waals surface area (Å²) < 4.78 is 6.47. The summed E-state index contributed by atoms with van der Waals surface area (Å²) in [7, 11) is 3.08. The minimum Gasteiger partial charge on any atom is -0.465 e. The van der Waals surface area contributed by atoms with E-state index in [9.17, 15) is 9.59 Å². The van der Waals surface area contributed by atoms with Gasteiger partial charge in [0.15, 0.2) is 0 Å². The van der Waals surface area contributed by atoms with Crippen molar-refractivity contribution in [2.75, 3.05) is 12.4 Å². The molecular formula is C25H24N4O3. The molecule has 162 valence electrons. The molecule has 0 aliphatic carbocycles. The van der Waals surface area contributed by atoms with Crippen LogP contribution in [-0.2, 0) is 11.8 Å². The molecule has 0 aliphatic rings. The normalized spacial score (nSPS) is 11.9. The van der Waals surface area contributed by atoms with Crippen LogP contribution in [-0.4, -0.2) is 27.6 Å². The Balaban J connectivity index is 1.87. The molecule has 1 atom stereocenters. The van der Waals surface area contributed by atoms with E-state index in [1.54, 1.807) is 36.1 Å². The second-order valence-corrected chi connectivity index (χ2v) is 7.69. The van der Waals surface area contributed by atoms with Crippen molar-refractivity contribution in [3.8, 4) is 11.4 Å². The molecule has 2 aromatic carbocycles. The average molecular weight is 428 g/mol. The van der Waals surface area contributed by atoms with E-state index in [-0.39, 0.29) is 11.6 Å². The van der Waals surface area contributed by atoms with Gasteiger partial charge in [-0.15, -0.1) is 0 Å². The van der Waals surface area contributed by atoms with Crippen molar-refractivity contribution in [1.29, 1.82) is 0 Å². The van der Waals surface area contributed by atoms with Gasteiger partial charge < -0.3 is 10.1 Å². The van der Waals surface area contributed by atoms with Crippen molar-refractivity contribution in [3.63, 3.8) is 0 Å². The maximum absolute atomic E-state index is 13.2. The summed E-state index contributed by atoms with van der Waals surface area (Å²) in [6.07, 6.45) is 3.35. The van der Waals surface area contributed by atoms with Gasteiger partial charge >= 0.3 is 5.97 Å². The van der Waals surface area contributed by atoms with Crippen LogP contribution < -0.4 is 10.9 Å². The maximum Gasteiger partial charge on any atom is 0.339 e. The molecule has 0 saturated heterocycles. The number of aryl methyl sites for hydroxylation is 1. The first-order chi connectivity index (χ1) is 15.4. The van der Waals surface area contributed by atoms with Gasteiger partial charge in [0.1, 0.15) is 5.82 Å². The highest BCUT2D eigenvalue weighted by Crippen LogP contribution is 2.29. The summed E-state index contributed by atoms with van der Waals surface area (Å²) in [5.41, 5.74) is 4.24. The number of carbonyl (C=O) groups is 1. The van der Waals surface area contributed by atoms with Crippen LogP contribution in [0.1, 0.15) is 34.5 Å². The number of ether oxygens (including phenoxy) is 1. The second-order valence-electron chi connectivity index (χ2n) is 7.69. The maximum atomic E-state index is 13.2. The van der Waals surface area contributed by atoms with Crippen molar-refractivity contribution in [2.24, 2.45) is 7.05 Å². The van der Waals surface area contributed by atoms with Gasteiger partial charge in [0.2, 0.25) is 0 Å². The lowest BCUT2D eigenvalue weighted by Crippen LogP contribution is -2.22. The van der Waals surface area contributed by atoms with Crippen LogP contribution in [0.25, 0.3) is 22.3 Å². The van der Waals surface area contributed by atoms with Crippen molar-refractivity contribution < 1.29 is 9.53 Å². The molecule has 0 fully saturated rings. The molecule has 2 heterocycles. The molecular weight excluding hydrogens is 404 g/mol. The van der Waals surface area contributed by atoms with Gasteiger partial charge in [-0.25, -0.2) is 9.78 Å². The number of methoxy groups -OCH3 is 1. The van der Waals surface area contributed by atoms with E-state index in [1.165, 1.54) is 7.11 Å². The molecule has 1 N–H and O–H groups in total. The Morgan fingerprint density at radius 2 is 1.84 bits per heavy atom. The molecule has 1 unspecified atom stereocenters. The van der Waals surface area contributed by atoms with E-state index in [2.05, 4.69) is 10.3 Å². The molecule has 7 nitrogen and oxygen atoms in total. The second kappa shape index (κ2) is 8.63. The standard InChI is InChI=1S/C25H24N4O3/c1-15-13-19(16(2)27-21-8-6-5-7-18(21)25(31)32-4)22-20(14-15)24(30)29(3)23(28-22)17-9-11-26-12-10-17/h5-14,16,27H,1-4H3. The van der Waals surface area contributed by atoms with Gasteiger partial charge in [0.25, 0.3) is 5.56 Å². The minimum atomic E-state index is -0.415. The Hall–Kier alpha value is -4.00. The van der Waals surface area contributed by atoms with Gasteiger partial charge in [0.05, 0.1) is 29.6 Å². The van der Waals surface area contributed by atoms with Crippen LogP contribution in [0, 0.1) is 6.92 Å². The fourth-order valence-electron chi connectivity index (χ4n) is 3.85. The van der Waals surface area contributed by atoms with Crippen LogP contribution in [0.2, 0.25) is 0 Å². The van der Waals surface area contributed by atoms with Crippen LogP contribution in [0.15, 0.2) is 65.7 Å². The van der Waals surface area contributed by atoms with Gasteiger partial charge in [-0.3, -0.25) is 14.3 Å². The lowest BCUT2D eigenvalue weighted by atomic mass is 10.00. The van der Waals surface area contributed by atoms with Crippen molar-refractivity contribution in [1.82, 2.24) is 14.5 Å². The van der Waals surface area contributed by atoms with Crippen LogP contribution in [0.3, 0.4) is 0 Å². The number of esters is 1. The van der Waals surface area contributed by atoms with E-state index in [0.717, 1.165) is 16.7 Å². The third-order valence-electron chi connectivity index (χ3n) is 5.46. The molecule has 0 amide bonds.